The Balaban J connectivity index is 2.00. The van der Waals surface area contributed by atoms with Gasteiger partial charge in [0.1, 0.15) is 11.6 Å². The van der Waals surface area contributed by atoms with Crippen molar-refractivity contribution in [3.8, 4) is 5.69 Å². The lowest BCUT2D eigenvalue weighted by atomic mass is 10.2. The van der Waals surface area contributed by atoms with Crippen molar-refractivity contribution >= 4 is 0 Å². The summed E-state index contributed by atoms with van der Waals surface area (Å²) in [5.74, 6) is 1.24. The number of likely N-dealkylation sites (tertiary alicyclic amines) is 1. The fraction of sp³-hybridized carbons (Fsp3) is 0.500. The molecule has 1 atom stereocenters. The molecule has 1 aromatic carbocycles. The van der Waals surface area contributed by atoms with E-state index >= 15 is 0 Å². The Labute approximate surface area is 132 Å². The minimum atomic E-state index is -4.37. The first-order chi connectivity index (χ1) is 10.9. The Morgan fingerprint density at radius 1 is 1.17 bits per heavy atom. The fourth-order valence-corrected chi connectivity index (χ4v) is 3.00. The average Bonchev–Trinajstić information content (AvgIpc) is 3.15. The molecule has 0 N–H and O–H groups in total. The van der Waals surface area contributed by atoms with Crippen molar-refractivity contribution in [2.75, 3.05) is 13.1 Å². The number of aryl methyl sites for hydroxylation is 1. The highest BCUT2D eigenvalue weighted by Gasteiger charge is 2.31. The lowest BCUT2D eigenvalue weighted by Crippen LogP contribution is -2.26. The first kappa shape index (κ1) is 16.0. The van der Waals surface area contributed by atoms with E-state index in [2.05, 4.69) is 15.0 Å². The van der Waals surface area contributed by atoms with Crippen molar-refractivity contribution in [2.45, 2.75) is 38.9 Å². The second kappa shape index (κ2) is 5.96. The van der Waals surface area contributed by atoms with Crippen LogP contribution in [-0.4, -0.2) is 32.8 Å². The minimum Gasteiger partial charge on any atom is -0.294 e. The van der Waals surface area contributed by atoms with Gasteiger partial charge in [0.05, 0.1) is 17.3 Å². The van der Waals surface area contributed by atoms with Gasteiger partial charge in [-0.25, -0.2) is 9.67 Å². The van der Waals surface area contributed by atoms with Crippen LogP contribution in [0.25, 0.3) is 5.69 Å². The quantitative estimate of drug-likeness (QED) is 0.862. The number of hydrogen-bond donors (Lipinski definition) is 0. The van der Waals surface area contributed by atoms with Crippen molar-refractivity contribution in [1.82, 2.24) is 19.7 Å². The molecule has 124 valence electrons. The summed E-state index contributed by atoms with van der Waals surface area (Å²) < 4.78 is 40.4. The summed E-state index contributed by atoms with van der Waals surface area (Å²) in [6.07, 6.45) is -2.09. The van der Waals surface area contributed by atoms with E-state index in [0.717, 1.165) is 38.1 Å². The molecule has 4 nitrogen and oxygen atoms in total. The molecule has 0 spiro atoms. The molecule has 1 saturated heterocycles. The number of aromatic nitrogens is 3. The third-order valence-corrected chi connectivity index (χ3v) is 4.22. The molecule has 2 heterocycles. The van der Waals surface area contributed by atoms with Gasteiger partial charge >= 0.3 is 6.18 Å². The molecule has 0 saturated carbocycles. The molecule has 1 aliphatic rings. The number of halogens is 3. The van der Waals surface area contributed by atoms with Gasteiger partial charge in [-0.2, -0.15) is 18.3 Å². The monoisotopic (exact) mass is 324 g/mol. The van der Waals surface area contributed by atoms with Crippen LogP contribution in [0.5, 0.6) is 0 Å². The van der Waals surface area contributed by atoms with Gasteiger partial charge in [0.25, 0.3) is 0 Å². The Morgan fingerprint density at radius 3 is 2.52 bits per heavy atom. The average molecular weight is 324 g/mol. The second-order valence-corrected chi connectivity index (χ2v) is 5.90. The predicted molar refractivity (Wildman–Crippen MR) is 80.3 cm³/mol. The number of hydrogen-bond acceptors (Lipinski definition) is 3. The molecule has 3 rings (SSSR count). The molecule has 1 aliphatic heterocycles. The Hall–Kier alpha value is -1.89. The van der Waals surface area contributed by atoms with E-state index in [4.69, 9.17) is 0 Å². The van der Waals surface area contributed by atoms with Gasteiger partial charge in [0, 0.05) is 0 Å². The van der Waals surface area contributed by atoms with Gasteiger partial charge in [-0.05, 0) is 58.0 Å². The number of rotatable bonds is 3. The first-order valence-corrected chi connectivity index (χ1v) is 7.71. The molecule has 0 bridgehead atoms. The molecule has 0 radical (unpaired) electrons. The third-order valence-electron chi connectivity index (χ3n) is 4.22. The molecule has 1 fully saturated rings. The van der Waals surface area contributed by atoms with Crippen LogP contribution in [-0.2, 0) is 6.18 Å². The van der Waals surface area contributed by atoms with Crippen LogP contribution < -0.4 is 0 Å². The predicted octanol–water partition coefficient (Wildman–Crippen LogP) is 3.75. The molecule has 0 aliphatic carbocycles. The van der Waals surface area contributed by atoms with Gasteiger partial charge in [0.15, 0.2) is 0 Å². The van der Waals surface area contributed by atoms with Crippen molar-refractivity contribution in [3.05, 3.63) is 41.5 Å². The van der Waals surface area contributed by atoms with Crippen LogP contribution in [0.15, 0.2) is 24.3 Å². The van der Waals surface area contributed by atoms with E-state index in [9.17, 15) is 13.2 Å². The first-order valence-electron chi connectivity index (χ1n) is 7.71. The Bertz CT molecular complexity index is 687. The maximum absolute atomic E-state index is 12.9. The highest BCUT2D eigenvalue weighted by atomic mass is 19.4. The standard InChI is InChI=1S/C16H19F3N4/c1-11(22-8-3-4-9-22)15-20-12(2)21-23(15)14-7-5-6-13(10-14)16(17,18)19/h5-7,10-11H,3-4,8-9H2,1-2H3/t11-/m0/s1. The SMILES string of the molecule is Cc1nc([C@H](C)N2CCCC2)n(-c2cccc(C(F)(F)F)c2)n1. The summed E-state index contributed by atoms with van der Waals surface area (Å²) in [5.41, 5.74) is -0.288. The van der Waals surface area contributed by atoms with E-state index < -0.39 is 11.7 Å². The number of alkyl halides is 3. The zero-order valence-electron chi connectivity index (χ0n) is 13.1. The molecular formula is C16H19F3N4. The topological polar surface area (TPSA) is 34.0 Å². The summed E-state index contributed by atoms with van der Waals surface area (Å²) in [7, 11) is 0. The Kier molecular flexibility index (Phi) is 4.14. The molecule has 23 heavy (non-hydrogen) atoms. The summed E-state index contributed by atoms with van der Waals surface area (Å²) in [6, 6.07) is 5.24. The highest BCUT2D eigenvalue weighted by Crippen LogP contribution is 2.31. The molecule has 2 aromatic rings. The molecular weight excluding hydrogens is 305 g/mol. The largest absolute Gasteiger partial charge is 0.416 e. The smallest absolute Gasteiger partial charge is 0.294 e. The number of nitrogens with zero attached hydrogens (tertiary/aromatic N) is 4. The molecule has 0 unspecified atom stereocenters. The van der Waals surface area contributed by atoms with Gasteiger partial charge in [-0.15, -0.1) is 0 Å². The second-order valence-electron chi connectivity index (χ2n) is 5.90. The maximum Gasteiger partial charge on any atom is 0.416 e. The van der Waals surface area contributed by atoms with Crippen molar-refractivity contribution in [1.29, 1.82) is 0 Å². The normalized spacial score (nSPS) is 17.6. The van der Waals surface area contributed by atoms with Gasteiger partial charge in [0.2, 0.25) is 0 Å². The van der Waals surface area contributed by atoms with Crippen LogP contribution >= 0.6 is 0 Å². The molecule has 7 heteroatoms. The van der Waals surface area contributed by atoms with Crippen LogP contribution in [0.4, 0.5) is 13.2 Å². The van der Waals surface area contributed by atoms with Crippen molar-refractivity contribution in [3.63, 3.8) is 0 Å². The van der Waals surface area contributed by atoms with Gasteiger partial charge in [-0.3, -0.25) is 4.90 Å². The van der Waals surface area contributed by atoms with E-state index in [-0.39, 0.29) is 6.04 Å². The lowest BCUT2D eigenvalue weighted by Gasteiger charge is -2.23. The minimum absolute atomic E-state index is 0.0215. The van der Waals surface area contributed by atoms with Crippen molar-refractivity contribution in [2.24, 2.45) is 0 Å². The van der Waals surface area contributed by atoms with E-state index in [1.54, 1.807) is 13.0 Å². The van der Waals surface area contributed by atoms with Crippen LogP contribution in [0, 0.1) is 6.92 Å². The maximum atomic E-state index is 12.9. The summed E-state index contributed by atoms with van der Waals surface area (Å²) in [6.45, 7) is 5.74. The van der Waals surface area contributed by atoms with Gasteiger partial charge in [-0.1, -0.05) is 6.07 Å². The summed E-state index contributed by atoms with van der Waals surface area (Å²) in [5, 5.41) is 4.31. The third kappa shape index (κ3) is 3.24. The summed E-state index contributed by atoms with van der Waals surface area (Å²) >= 11 is 0. The summed E-state index contributed by atoms with van der Waals surface area (Å²) in [4.78, 5) is 6.74. The number of benzene rings is 1. The fourth-order valence-electron chi connectivity index (χ4n) is 3.00. The molecule has 0 amide bonds. The Morgan fingerprint density at radius 2 is 1.87 bits per heavy atom. The van der Waals surface area contributed by atoms with E-state index in [1.165, 1.54) is 10.7 Å². The highest BCUT2D eigenvalue weighted by molar-refractivity contribution is 5.37. The van der Waals surface area contributed by atoms with Crippen LogP contribution in [0.1, 0.15) is 43.0 Å². The van der Waals surface area contributed by atoms with E-state index in [1.807, 2.05) is 6.92 Å². The van der Waals surface area contributed by atoms with E-state index in [0.29, 0.717) is 17.3 Å². The molecule has 1 aromatic heterocycles. The zero-order chi connectivity index (χ0) is 16.6. The lowest BCUT2D eigenvalue weighted by molar-refractivity contribution is -0.137. The zero-order valence-corrected chi connectivity index (χ0v) is 13.1. The van der Waals surface area contributed by atoms with Crippen LogP contribution in [0.3, 0.4) is 0 Å². The van der Waals surface area contributed by atoms with Gasteiger partial charge < -0.3 is 0 Å². The van der Waals surface area contributed by atoms with Crippen molar-refractivity contribution < 1.29 is 13.2 Å². The van der Waals surface area contributed by atoms with Crippen LogP contribution in [0.2, 0.25) is 0 Å².